The zero-order chi connectivity index (χ0) is 19.2. The van der Waals surface area contributed by atoms with Gasteiger partial charge in [0.1, 0.15) is 11.8 Å². The molecule has 27 heavy (non-hydrogen) atoms. The van der Waals surface area contributed by atoms with Crippen LogP contribution in [0.3, 0.4) is 0 Å². The van der Waals surface area contributed by atoms with Crippen molar-refractivity contribution in [2.24, 2.45) is 0 Å². The van der Waals surface area contributed by atoms with Crippen LogP contribution in [-0.2, 0) is 9.53 Å². The molecule has 0 aliphatic heterocycles. The van der Waals surface area contributed by atoms with Crippen molar-refractivity contribution in [2.75, 3.05) is 6.61 Å². The summed E-state index contributed by atoms with van der Waals surface area (Å²) in [6.07, 6.45) is -0.723. The molecule has 0 saturated carbocycles. The van der Waals surface area contributed by atoms with Gasteiger partial charge in [-0.3, -0.25) is 0 Å². The lowest BCUT2D eigenvalue weighted by molar-refractivity contribution is -0.152. The van der Waals surface area contributed by atoms with E-state index in [1.807, 2.05) is 37.3 Å². The van der Waals surface area contributed by atoms with Crippen LogP contribution >= 0.6 is 0 Å². The van der Waals surface area contributed by atoms with Crippen molar-refractivity contribution < 1.29 is 18.7 Å². The zero-order valence-electron chi connectivity index (χ0n) is 14.9. The van der Waals surface area contributed by atoms with Gasteiger partial charge in [-0.1, -0.05) is 29.8 Å². The van der Waals surface area contributed by atoms with Crippen LogP contribution in [-0.4, -0.2) is 22.8 Å². The van der Waals surface area contributed by atoms with Gasteiger partial charge in [-0.15, -0.1) is 10.2 Å². The zero-order valence-corrected chi connectivity index (χ0v) is 14.9. The van der Waals surface area contributed by atoms with Crippen LogP contribution in [0.4, 0.5) is 0 Å². The van der Waals surface area contributed by atoms with Crippen molar-refractivity contribution in [3.05, 3.63) is 65.5 Å². The predicted octanol–water partition coefficient (Wildman–Crippen LogP) is 3.60. The van der Waals surface area contributed by atoms with Gasteiger partial charge in [0.25, 0.3) is 5.89 Å². The fourth-order valence-electron chi connectivity index (χ4n) is 2.31. The van der Waals surface area contributed by atoms with E-state index in [0.29, 0.717) is 17.2 Å². The quantitative estimate of drug-likeness (QED) is 0.617. The molecule has 0 amide bonds. The Morgan fingerprint density at radius 2 is 1.93 bits per heavy atom. The van der Waals surface area contributed by atoms with Crippen LogP contribution in [0.15, 0.2) is 52.9 Å². The Morgan fingerprint density at radius 3 is 2.67 bits per heavy atom. The van der Waals surface area contributed by atoms with E-state index in [-0.39, 0.29) is 12.5 Å². The van der Waals surface area contributed by atoms with Crippen LogP contribution in [0.25, 0.3) is 11.5 Å². The second-order valence-corrected chi connectivity index (χ2v) is 5.84. The number of ether oxygens (including phenoxy) is 2. The van der Waals surface area contributed by atoms with E-state index in [4.69, 9.17) is 19.2 Å². The Morgan fingerprint density at radius 1 is 1.19 bits per heavy atom. The van der Waals surface area contributed by atoms with Gasteiger partial charge >= 0.3 is 5.97 Å². The van der Waals surface area contributed by atoms with Gasteiger partial charge in [-0.05, 0) is 38.1 Å². The van der Waals surface area contributed by atoms with E-state index in [9.17, 15) is 4.79 Å². The van der Waals surface area contributed by atoms with E-state index in [0.717, 1.165) is 11.1 Å². The van der Waals surface area contributed by atoms with Crippen molar-refractivity contribution in [2.45, 2.75) is 20.0 Å². The number of hydrogen-bond acceptors (Lipinski definition) is 7. The summed E-state index contributed by atoms with van der Waals surface area (Å²) in [5.41, 5.74) is 2.26. The molecule has 136 valence electrons. The molecule has 7 nitrogen and oxygen atoms in total. The van der Waals surface area contributed by atoms with Gasteiger partial charge in [0.05, 0.1) is 5.56 Å². The van der Waals surface area contributed by atoms with Crippen molar-refractivity contribution >= 4 is 5.97 Å². The largest absolute Gasteiger partial charge is 0.481 e. The summed E-state index contributed by atoms with van der Waals surface area (Å²) in [5.74, 6) is 0.262. The first-order chi connectivity index (χ1) is 13.1. The lowest BCUT2D eigenvalue weighted by Gasteiger charge is -2.11. The number of rotatable bonds is 6. The van der Waals surface area contributed by atoms with E-state index >= 15 is 0 Å². The van der Waals surface area contributed by atoms with Gasteiger partial charge in [-0.2, -0.15) is 5.26 Å². The maximum absolute atomic E-state index is 12.0. The van der Waals surface area contributed by atoms with Crippen LogP contribution in [0, 0.1) is 18.3 Å². The summed E-state index contributed by atoms with van der Waals surface area (Å²) >= 11 is 0. The van der Waals surface area contributed by atoms with Gasteiger partial charge in [0.2, 0.25) is 5.89 Å². The summed E-state index contributed by atoms with van der Waals surface area (Å²) in [6.45, 7) is 3.29. The molecular formula is C20H17N3O4. The Hall–Kier alpha value is -3.66. The van der Waals surface area contributed by atoms with Crippen molar-refractivity contribution in [3.8, 4) is 23.3 Å². The highest BCUT2D eigenvalue weighted by atomic mass is 16.6. The molecule has 0 aliphatic carbocycles. The minimum Gasteiger partial charge on any atom is -0.481 e. The van der Waals surface area contributed by atoms with Gasteiger partial charge in [-0.25, -0.2) is 4.79 Å². The molecule has 0 saturated heterocycles. The molecule has 0 unspecified atom stereocenters. The number of carbonyl (C=O) groups excluding carboxylic acids is 1. The number of carbonyl (C=O) groups is 1. The molecule has 0 bridgehead atoms. The van der Waals surface area contributed by atoms with Gasteiger partial charge < -0.3 is 13.9 Å². The minimum atomic E-state index is -0.723. The van der Waals surface area contributed by atoms with E-state index in [2.05, 4.69) is 10.2 Å². The van der Waals surface area contributed by atoms with Crippen LogP contribution in [0.1, 0.15) is 30.0 Å². The Kier molecular flexibility index (Phi) is 5.47. The highest BCUT2D eigenvalue weighted by Crippen LogP contribution is 2.23. The van der Waals surface area contributed by atoms with Crippen LogP contribution in [0.2, 0.25) is 0 Å². The minimum absolute atomic E-state index is 0.191. The monoisotopic (exact) mass is 363 g/mol. The Labute approximate surface area is 156 Å². The molecule has 0 N–H and O–H groups in total. The maximum atomic E-state index is 12.0. The first-order valence-electron chi connectivity index (χ1n) is 8.28. The number of para-hydroxylation sites is 1. The summed E-state index contributed by atoms with van der Waals surface area (Å²) < 4.78 is 16.2. The fourth-order valence-corrected chi connectivity index (χ4v) is 2.31. The number of benzene rings is 2. The van der Waals surface area contributed by atoms with Crippen LogP contribution < -0.4 is 4.74 Å². The summed E-state index contributed by atoms with van der Waals surface area (Å²) in [4.78, 5) is 12.0. The highest BCUT2D eigenvalue weighted by molar-refractivity contribution is 5.71. The smallest absolute Gasteiger partial charge is 0.344 e. The average molecular weight is 363 g/mol. The van der Waals surface area contributed by atoms with E-state index in [1.165, 1.54) is 0 Å². The van der Waals surface area contributed by atoms with E-state index < -0.39 is 12.1 Å². The molecule has 1 atom stereocenters. The molecule has 7 heteroatoms. The third-order valence-electron chi connectivity index (χ3n) is 3.75. The molecule has 0 spiro atoms. The molecule has 2 aromatic carbocycles. The second-order valence-electron chi connectivity index (χ2n) is 5.84. The number of aryl methyl sites for hydroxylation is 1. The highest BCUT2D eigenvalue weighted by Gasteiger charge is 2.19. The van der Waals surface area contributed by atoms with Gasteiger partial charge in [0, 0.05) is 5.56 Å². The second kappa shape index (κ2) is 8.15. The standard InChI is InChI=1S/C20H17N3O4/c1-13-7-9-15(10-8-13)20-23-22-19(27-20)14(2)26-18(24)12-25-17-6-4-3-5-16(17)11-21/h3-10,14H,12H2,1-2H3/t14-/m0/s1. The molecular weight excluding hydrogens is 346 g/mol. The Bertz CT molecular complexity index is 973. The molecule has 0 radical (unpaired) electrons. The topological polar surface area (TPSA) is 98.2 Å². The molecule has 0 aliphatic rings. The Balaban J connectivity index is 1.58. The maximum Gasteiger partial charge on any atom is 0.344 e. The molecule has 1 aromatic heterocycles. The fraction of sp³-hybridized carbons (Fsp3) is 0.200. The van der Waals surface area contributed by atoms with Crippen molar-refractivity contribution in [3.63, 3.8) is 0 Å². The number of nitrogens with zero attached hydrogens (tertiary/aromatic N) is 3. The van der Waals surface area contributed by atoms with Crippen molar-refractivity contribution in [1.82, 2.24) is 10.2 Å². The summed E-state index contributed by atoms with van der Waals surface area (Å²) in [5, 5.41) is 16.9. The number of nitriles is 1. The molecule has 3 rings (SSSR count). The first kappa shape index (κ1) is 18.1. The predicted molar refractivity (Wildman–Crippen MR) is 95.6 cm³/mol. The lowest BCUT2D eigenvalue weighted by atomic mass is 10.1. The molecule has 1 heterocycles. The number of aromatic nitrogens is 2. The molecule has 0 fully saturated rings. The summed E-state index contributed by atoms with van der Waals surface area (Å²) in [7, 11) is 0. The molecule has 3 aromatic rings. The van der Waals surface area contributed by atoms with Gasteiger partial charge in [0.15, 0.2) is 12.7 Å². The number of esters is 1. The summed E-state index contributed by atoms with van der Waals surface area (Å²) in [6, 6.07) is 16.3. The number of hydrogen-bond donors (Lipinski definition) is 0. The van der Waals surface area contributed by atoms with Crippen LogP contribution in [0.5, 0.6) is 5.75 Å². The average Bonchev–Trinajstić information content (AvgIpc) is 3.17. The first-order valence-corrected chi connectivity index (χ1v) is 8.28. The third-order valence-corrected chi connectivity index (χ3v) is 3.75. The lowest BCUT2D eigenvalue weighted by Crippen LogP contribution is -2.17. The van der Waals surface area contributed by atoms with Crippen molar-refractivity contribution in [1.29, 1.82) is 5.26 Å². The SMILES string of the molecule is Cc1ccc(-c2nnc([C@H](C)OC(=O)COc3ccccc3C#N)o2)cc1. The normalized spacial score (nSPS) is 11.4. The van der Waals surface area contributed by atoms with E-state index in [1.54, 1.807) is 31.2 Å². The third kappa shape index (κ3) is 4.50.